The van der Waals surface area contributed by atoms with Crippen LogP contribution in [0.2, 0.25) is 0 Å². The van der Waals surface area contributed by atoms with Gasteiger partial charge in [0.25, 0.3) is 0 Å². The van der Waals surface area contributed by atoms with E-state index in [-0.39, 0.29) is 12.2 Å². The molecule has 106 valence electrons. The molecule has 0 amide bonds. The molecule has 0 radical (unpaired) electrons. The molecular formula is C16H14N2O3. The third kappa shape index (κ3) is 3.98. The van der Waals surface area contributed by atoms with Crippen molar-refractivity contribution in [2.24, 2.45) is 0 Å². The highest BCUT2D eigenvalue weighted by molar-refractivity contribution is 5.87. The number of aromatic carboxylic acids is 1. The molecule has 0 aliphatic rings. The number of benzene rings is 2. The molecule has 0 aliphatic heterocycles. The summed E-state index contributed by atoms with van der Waals surface area (Å²) in [7, 11) is 0. The molecular weight excluding hydrogens is 268 g/mol. The minimum absolute atomic E-state index is 0.00429. The van der Waals surface area contributed by atoms with Crippen LogP contribution in [0.5, 0.6) is 5.75 Å². The van der Waals surface area contributed by atoms with E-state index in [2.05, 4.69) is 5.32 Å². The monoisotopic (exact) mass is 282 g/mol. The average Bonchev–Trinajstić information content (AvgIpc) is 2.52. The predicted molar refractivity (Wildman–Crippen MR) is 78.3 cm³/mol. The average molecular weight is 282 g/mol. The first-order valence-electron chi connectivity index (χ1n) is 6.35. The molecule has 2 rings (SSSR count). The molecule has 0 saturated carbocycles. The lowest BCUT2D eigenvalue weighted by Gasteiger charge is -2.11. The number of rotatable bonds is 6. The Bertz CT molecular complexity index is 660. The van der Waals surface area contributed by atoms with Crippen LogP contribution in [0.1, 0.15) is 15.9 Å². The van der Waals surface area contributed by atoms with Crippen molar-refractivity contribution in [3.05, 3.63) is 59.7 Å². The summed E-state index contributed by atoms with van der Waals surface area (Å²) in [5.41, 5.74) is 1.99. The molecule has 2 N–H and O–H groups in total. The van der Waals surface area contributed by atoms with Gasteiger partial charge in [-0.1, -0.05) is 18.2 Å². The van der Waals surface area contributed by atoms with Crippen LogP contribution in [0.15, 0.2) is 48.5 Å². The Labute approximate surface area is 122 Å². The molecule has 0 aromatic heterocycles. The molecule has 0 fully saturated rings. The number of nitrogens with one attached hydrogen (secondary N) is 1. The molecule has 0 heterocycles. The van der Waals surface area contributed by atoms with E-state index in [1.54, 1.807) is 24.3 Å². The molecule has 0 atom stereocenters. The van der Waals surface area contributed by atoms with E-state index < -0.39 is 5.97 Å². The zero-order valence-electron chi connectivity index (χ0n) is 11.2. The fraction of sp³-hybridized carbons (Fsp3) is 0.125. The van der Waals surface area contributed by atoms with E-state index in [0.717, 1.165) is 11.3 Å². The maximum absolute atomic E-state index is 10.8. The number of carboxylic acid groups (broad SMARTS) is 1. The van der Waals surface area contributed by atoms with E-state index in [4.69, 9.17) is 15.1 Å². The van der Waals surface area contributed by atoms with Crippen LogP contribution in [-0.2, 0) is 6.54 Å². The first-order chi connectivity index (χ1) is 10.2. The van der Waals surface area contributed by atoms with Crippen molar-refractivity contribution in [1.82, 2.24) is 0 Å². The largest absolute Gasteiger partial charge is 0.478 e. The number of nitrogens with zero attached hydrogens (tertiary/aromatic N) is 1. The highest BCUT2D eigenvalue weighted by Crippen LogP contribution is 2.19. The standard InChI is InChI=1S/C16H14N2O3/c17-9-10-21-15-4-2-1-3-13(15)11-18-14-7-5-12(6-8-14)16(19)20/h1-8,18H,10-11H2,(H,19,20). The van der Waals surface area contributed by atoms with Crippen LogP contribution in [0.25, 0.3) is 0 Å². The van der Waals surface area contributed by atoms with Gasteiger partial charge in [-0.05, 0) is 30.3 Å². The lowest BCUT2D eigenvalue weighted by molar-refractivity contribution is 0.0697. The lowest BCUT2D eigenvalue weighted by Crippen LogP contribution is -2.04. The number of carbonyl (C=O) groups is 1. The molecule has 0 saturated heterocycles. The highest BCUT2D eigenvalue weighted by Gasteiger charge is 2.04. The van der Waals surface area contributed by atoms with Gasteiger partial charge in [-0.25, -0.2) is 4.79 Å². The molecule has 0 aliphatic carbocycles. The zero-order chi connectivity index (χ0) is 15.1. The quantitative estimate of drug-likeness (QED) is 0.851. The number of hydrogen-bond donors (Lipinski definition) is 2. The number of hydrogen-bond acceptors (Lipinski definition) is 4. The Kier molecular flexibility index (Phi) is 4.78. The van der Waals surface area contributed by atoms with E-state index in [1.807, 2.05) is 30.3 Å². The van der Waals surface area contributed by atoms with Crippen LogP contribution in [0.4, 0.5) is 5.69 Å². The second kappa shape index (κ2) is 6.96. The van der Waals surface area contributed by atoms with E-state index in [0.29, 0.717) is 12.3 Å². The summed E-state index contributed by atoms with van der Waals surface area (Å²) in [6.07, 6.45) is 0. The van der Waals surface area contributed by atoms with Crippen molar-refractivity contribution >= 4 is 11.7 Å². The van der Waals surface area contributed by atoms with Gasteiger partial charge < -0.3 is 15.2 Å². The first-order valence-corrected chi connectivity index (χ1v) is 6.35. The zero-order valence-corrected chi connectivity index (χ0v) is 11.2. The summed E-state index contributed by atoms with van der Waals surface area (Å²) in [6, 6.07) is 15.9. The van der Waals surface area contributed by atoms with Gasteiger partial charge in [-0.3, -0.25) is 0 Å². The van der Waals surface area contributed by atoms with Gasteiger partial charge in [0.05, 0.1) is 5.56 Å². The molecule has 5 heteroatoms. The van der Waals surface area contributed by atoms with Crippen molar-refractivity contribution in [2.75, 3.05) is 11.9 Å². The molecule has 0 unspecified atom stereocenters. The van der Waals surface area contributed by atoms with Gasteiger partial charge in [-0.15, -0.1) is 0 Å². The first kappa shape index (κ1) is 14.4. The van der Waals surface area contributed by atoms with Crippen molar-refractivity contribution in [3.8, 4) is 11.8 Å². The summed E-state index contributed by atoms with van der Waals surface area (Å²) in [6.45, 7) is 0.526. The van der Waals surface area contributed by atoms with Crippen LogP contribution in [0.3, 0.4) is 0 Å². The number of ether oxygens (including phenoxy) is 1. The van der Waals surface area contributed by atoms with Crippen LogP contribution >= 0.6 is 0 Å². The third-order valence-electron chi connectivity index (χ3n) is 2.88. The maximum atomic E-state index is 10.8. The molecule has 21 heavy (non-hydrogen) atoms. The van der Waals surface area contributed by atoms with E-state index in [1.165, 1.54) is 0 Å². The van der Waals surface area contributed by atoms with E-state index >= 15 is 0 Å². The normalized spacial score (nSPS) is 9.67. The van der Waals surface area contributed by atoms with Crippen molar-refractivity contribution in [1.29, 1.82) is 5.26 Å². The molecule has 2 aromatic rings. The van der Waals surface area contributed by atoms with Crippen molar-refractivity contribution < 1.29 is 14.6 Å². The summed E-state index contributed by atoms with van der Waals surface area (Å²) in [5, 5.41) is 20.6. The lowest BCUT2D eigenvalue weighted by atomic mass is 10.1. The second-order valence-corrected chi connectivity index (χ2v) is 4.29. The fourth-order valence-electron chi connectivity index (χ4n) is 1.83. The Morgan fingerprint density at radius 1 is 1.19 bits per heavy atom. The number of carboxylic acids is 1. The Hall–Kier alpha value is -3.00. The Morgan fingerprint density at radius 2 is 1.90 bits per heavy atom. The van der Waals surface area contributed by atoms with Gasteiger partial charge in [0.2, 0.25) is 0 Å². The van der Waals surface area contributed by atoms with Crippen molar-refractivity contribution in [2.45, 2.75) is 6.54 Å². The smallest absolute Gasteiger partial charge is 0.335 e. The summed E-state index contributed by atoms with van der Waals surface area (Å²) < 4.78 is 5.35. The SMILES string of the molecule is N#CCOc1ccccc1CNc1ccc(C(=O)O)cc1. The van der Waals surface area contributed by atoms with Crippen LogP contribution < -0.4 is 10.1 Å². The fourth-order valence-corrected chi connectivity index (χ4v) is 1.83. The van der Waals surface area contributed by atoms with E-state index in [9.17, 15) is 4.79 Å². The van der Waals surface area contributed by atoms with Crippen LogP contribution in [-0.4, -0.2) is 17.7 Å². The minimum atomic E-state index is -0.947. The number of para-hydroxylation sites is 1. The van der Waals surface area contributed by atoms with Gasteiger partial charge in [0, 0.05) is 17.8 Å². The predicted octanol–water partition coefficient (Wildman–Crippen LogP) is 2.90. The maximum Gasteiger partial charge on any atom is 0.335 e. The van der Waals surface area contributed by atoms with Gasteiger partial charge in [0.1, 0.15) is 11.8 Å². The molecule has 0 spiro atoms. The highest BCUT2D eigenvalue weighted by atomic mass is 16.5. The van der Waals surface area contributed by atoms with Gasteiger partial charge >= 0.3 is 5.97 Å². The topological polar surface area (TPSA) is 82.3 Å². The molecule has 5 nitrogen and oxygen atoms in total. The Morgan fingerprint density at radius 3 is 2.57 bits per heavy atom. The van der Waals surface area contributed by atoms with Gasteiger partial charge in [0.15, 0.2) is 6.61 Å². The third-order valence-corrected chi connectivity index (χ3v) is 2.88. The molecule has 2 aromatic carbocycles. The second-order valence-electron chi connectivity index (χ2n) is 4.29. The minimum Gasteiger partial charge on any atom is -0.478 e. The molecule has 0 bridgehead atoms. The number of nitriles is 1. The Balaban J connectivity index is 2.02. The number of anilines is 1. The summed E-state index contributed by atoms with van der Waals surface area (Å²) in [4.78, 5) is 10.8. The van der Waals surface area contributed by atoms with Crippen molar-refractivity contribution in [3.63, 3.8) is 0 Å². The van der Waals surface area contributed by atoms with Crippen LogP contribution in [0, 0.1) is 11.3 Å². The van der Waals surface area contributed by atoms with Gasteiger partial charge in [-0.2, -0.15) is 5.26 Å². The summed E-state index contributed by atoms with van der Waals surface area (Å²) in [5.74, 6) is -0.287. The summed E-state index contributed by atoms with van der Waals surface area (Å²) >= 11 is 0.